The molecule has 0 bridgehead atoms. The first kappa shape index (κ1) is 14.2. The molecular formula is C16H21NO4. The Bertz CT molecular complexity index is 553. The lowest BCUT2D eigenvalue weighted by molar-refractivity contribution is -0.140. The van der Waals surface area contributed by atoms with E-state index in [1.807, 2.05) is 19.1 Å². The van der Waals surface area contributed by atoms with E-state index in [0.717, 1.165) is 41.9 Å². The minimum atomic E-state index is -0.775. The standard InChI is InChI=1S/C16H21NO4/c1-9-5-11-6-13(20-2)12(7-14(11)21-9)8-17-15(16(18)19)10-3-4-10/h6-7,9-10,15,17H,3-5,8H2,1-2H3,(H,18,19). The lowest BCUT2D eigenvalue weighted by Crippen LogP contribution is -2.38. The third kappa shape index (κ3) is 2.97. The summed E-state index contributed by atoms with van der Waals surface area (Å²) in [4.78, 5) is 11.3. The number of carboxylic acid groups (broad SMARTS) is 1. The van der Waals surface area contributed by atoms with Gasteiger partial charge in [0.15, 0.2) is 0 Å². The van der Waals surface area contributed by atoms with Crippen LogP contribution in [0, 0.1) is 5.92 Å². The van der Waals surface area contributed by atoms with Crippen molar-refractivity contribution in [2.24, 2.45) is 5.92 Å². The minimum absolute atomic E-state index is 0.186. The Kier molecular flexibility index (Phi) is 3.76. The number of carboxylic acids is 1. The molecule has 5 heteroatoms. The Morgan fingerprint density at radius 1 is 1.52 bits per heavy atom. The molecular weight excluding hydrogens is 270 g/mol. The molecule has 0 radical (unpaired) electrons. The Hall–Kier alpha value is -1.75. The number of aliphatic carboxylic acids is 1. The average Bonchev–Trinajstić information content (AvgIpc) is 3.19. The van der Waals surface area contributed by atoms with Gasteiger partial charge in [-0.3, -0.25) is 10.1 Å². The van der Waals surface area contributed by atoms with Gasteiger partial charge in [-0.25, -0.2) is 0 Å². The number of ether oxygens (including phenoxy) is 2. The van der Waals surface area contributed by atoms with Crippen molar-refractivity contribution in [2.75, 3.05) is 7.11 Å². The Morgan fingerprint density at radius 2 is 2.29 bits per heavy atom. The summed E-state index contributed by atoms with van der Waals surface area (Å²) in [6.45, 7) is 2.51. The zero-order chi connectivity index (χ0) is 15.0. The fourth-order valence-corrected chi connectivity index (χ4v) is 2.91. The first-order valence-corrected chi connectivity index (χ1v) is 7.41. The SMILES string of the molecule is COc1cc2c(cc1CNC(C(=O)O)C1CC1)OC(C)C2. The van der Waals surface area contributed by atoms with Crippen LogP contribution in [0.3, 0.4) is 0 Å². The number of hydrogen-bond acceptors (Lipinski definition) is 4. The lowest BCUT2D eigenvalue weighted by Gasteiger charge is -2.16. The van der Waals surface area contributed by atoms with E-state index in [2.05, 4.69) is 5.32 Å². The second-order valence-corrected chi connectivity index (χ2v) is 5.94. The molecule has 1 aromatic carbocycles. The largest absolute Gasteiger partial charge is 0.496 e. The van der Waals surface area contributed by atoms with Gasteiger partial charge in [0, 0.05) is 24.1 Å². The number of benzene rings is 1. The second kappa shape index (κ2) is 5.56. The number of methoxy groups -OCH3 is 1. The predicted molar refractivity (Wildman–Crippen MR) is 77.8 cm³/mol. The van der Waals surface area contributed by atoms with Crippen LogP contribution in [0.5, 0.6) is 11.5 Å². The predicted octanol–water partition coefficient (Wildman–Crippen LogP) is 1.97. The van der Waals surface area contributed by atoms with Crippen molar-refractivity contribution in [2.45, 2.75) is 44.9 Å². The molecule has 0 saturated heterocycles. The molecule has 0 aromatic heterocycles. The molecule has 2 unspecified atom stereocenters. The molecule has 1 fully saturated rings. The van der Waals surface area contributed by atoms with Crippen molar-refractivity contribution >= 4 is 5.97 Å². The Balaban J connectivity index is 1.75. The summed E-state index contributed by atoms with van der Waals surface area (Å²) in [5, 5.41) is 12.4. The van der Waals surface area contributed by atoms with E-state index in [4.69, 9.17) is 9.47 Å². The molecule has 21 heavy (non-hydrogen) atoms. The molecule has 1 aliphatic carbocycles. The molecule has 114 valence electrons. The summed E-state index contributed by atoms with van der Waals surface area (Å²) in [6.07, 6.45) is 3.06. The summed E-state index contributed by atoms with van der Waals surface area (Å²) in [5.74, 6) is 1.17. The maximum Gasteiger partial charge on any atom is 0.320 e. The van der Waals surface area contributed by atoms with Crippen LogP contribution >= 0.6 is 0 Å². The molecule has 2 aliphatic rings. The van der Waals surface area contributed by atoms with Crippen LogP contribution in [0.25, 0.3) is 0 Å². The van der Waals surface area contributed by atoms with Gasteiger partial charge in [0.05, 0.1) is 7.11 Å². The molecule has 1 aliphatic heterocycles. The maximum atomic E-state index is 11.3. The van der Waals surface area contributed by atoms with Crippen molar-refractivity contribution in [3.05, 3.63) is 23.3 Å². The first-order chi connectivity index (χ1) is 10.1. The molecule has 5 nitrogen and oxygen atoms in total. The van der Waals surface area contributed by atoms with Crippen LogP contribution in [0.15, 0.2) is 12.1 Å². The minimum Gasteiger partial charge on any atom is -0.496 e. The summed E-state index contributed by atoms with van der Waals surface area (Å²) in [7, 11) is 1.64. The van der Waals surface area contributed by atoms with E-state index in [0.29, 0.717) is 6.54 Å². The van der Waals surface area contributed by atoms with E-state index in [1.165, 1.54) is 0 Å². The second-order valence-electron chi connectivity index (χ2n) is 5.94. The number of carbonyl (C=O) groups is 1. The molecule has 0 amide bonds. The van der Waals surface area contributed by atoms with Gasteiger partial charge in [-0.2, -0.15) is 0 Å². The number of hydrogen-bond donors (Lipinski definition) is 2. The summed E-state index contributed by atoms with van der Waals surface area (Å²) in [5.41, 5.74) is 2.09. The third-order valence-corrected chi connectivity index (χ3v) is 4.17. The van der Waals surface area contributed by atoms with Gasteiger partial charge in [0.25, 0.3) is 0 Å². The number of nitrogens with one attached hydrogen (secondary N) is 1. The fraction of sp³-hybridized carbons (Fsp3) is 0.562. The number of fused-ring (bicyclic) bond motifs is 1. The van der Waals surface area contributed by atoms with Crippen LogP contribution in [-0.4, -0.2) is 30.3 Å². The van der Waals surface area contributed by atoms with Crippen molar-refractivity contribution in [3.8, 4) is 11.5 Å². The van der Waals surface area contributed by atoms with Crippen LogP contribution in [0.2, 0.25) is 0 Å². The topological polar surface area (TPSA) is 67.8 Å². The normalized spacial score (nSPS) is 21.5. The summed E-state index contributed by atoms with van der Waals surface area (Å²) < 4.78 is 11.2. The van der Waals surface area contributed by atoms with Crippen molar-refractivity contribution < 1.29 is 19.4 Å². The van der Waals surface area contributed by atoms with E-state index in [-0.39, 0.29) is 12.0 Å². The Morgan fingerprint density at radius 3 is 2.90 bits per heavy atom. The molecule has 3 rings (SSSR count). The smallest absolute Gasteiger partial charge is 0.320 e. The number of rotatable bonds is 6. The molecule has 0 spiro atoms. The van der Waals surface area contributed by atoms with Gasteiger partial charge in [-0.15, -0.1) is 0 Å². The average molecular weight is 291 g/mol. The van der Waals surface area contributed by atoms with Crippen LogP contribution in [0.1, 0.15) is 30.9 Å². The molecule has 1 saturated carbocycles. The molecule has 1 aromatic rings. The zero-order valence-electron chi connectivity index (χ0n) is 12.4. The van der Waals surface area contributed by atoms with Gasteiger partial charge >= 0.3 is 5.97 Å². The highest BCUT2D eigenvalue weighted by molar-refractivity contribution is 5.74. The van der Waals surface area contributed by atoms with Crippen molar-refractivity contribution in [1.82, 2.24) is 5.32 Å². The third-order valence-electron chi connectivity index (χ3n) is 4.17. The molecule has 1 heterocycles. The van der Waals surface area contributed by atoms with Crippen molar-refractivity contribution in [3.63, 3.8) is 0 Å². The quantitative estimate of drug-likeness (QED) is 0.838. The summed E-state index contributed by atoms with van der Waals surface area (Å²) >= 11 is 0. The van der Waals surface area contributed by atoms with E-state index in [9.17, 15) is 9.90 Å². The highest BCUT2D eigenvalue weighted by Crippen LogP contribution is 2.36. The molecule has 2 atom stereocenters. The monoisotopic (exact) mass is 291 g/mol. The van der Waals surface area contributed by atoms with E-state index in [1.54, 1.807) is 7.11 Å². The van der Waals surface area contributed by atoms with Crippen LogP contribution in [0.4, 0.5) is 0 Å². The highest BCUT2D eigenvalue weighted by Gasteiger charge is 2.36. The molecule has 2 N–H and O–H groups in total. The maximum absolute atomic E-state index is 11.3. The highest BCUT2D eigenvalue weighted by atomic mass is 16.5. The van der Waals surface area contributed by atoms with Gasteiger partial charge in [-0.1, -0.05) is 0 Å². The van der Waals surface area contributed by atoms with Gasteiger partial charge in [0.1, 0.15) is 23.6 Å². The van der Waals surface area contributed by atoms with Gasteiger partial charge in [0.2, 0.25) is 0 Å². The Labute approximate surface area is 124 Å². The van der Waals surface area contributed by atoms with Gasteiger partial charge in [-0.05, 0) is 37.8 Å². The summed E-state index contributed by atoms with van der Waals surface area (Å²) in [6, 6.07) is 3.50. The van der Waals surface area contributed by atoms with Crippen molar-refractivity contribution in [1.29, 1.82) is 0 Å². The van der Waals surface area contributed by atoms with Gasteiger partial charge < -0.3 is 14.6 Å². The first-order valence-electron chi connectivity index (χ1n) is 7.41. The van der Waals surface area contributed by atoms with Crippen LogP contribution in [-0.2, 0) is 17.8 Å². The van der Waals surface area contributed by atoms with Crippen LogP contribution < -0.4 is 14.8 Å². The van der Waals surface area contributed by atoms with E-state index >= 15 is 0 Å². The zero-order valence-corrected chi connectivity index (χ0v) is 12.4. The lowest BCUT2D eigenvalue weighted by atomic mass is 10.1. The van der Waals surface area contributed by atoms with E-state index < -0.39 is 12.0 Å². The fourth-order valence-electron chi connectivity index (χ4n) is 2.91.